The van der Waals surface area contributed by atoms with Crippen molar-refractivity contribution in [3.05, 3.63) is 42.1 Å². The maximum absolute atomic E-state index is 12.3. The van der Waals surface area contributed by atoms with Crippen molar-refractivity contribution in [1.82, 2.24) is 9.78 Å². The highest BCUT2D eigenvalue weighted by Gasteiger charge is 2.20. The molecular formula is C18H22N4O4. The summed E-state index contributed by atoms with van der Waals surface area (Å²) >= 11 is 0. The molecule has 1 heterocycles. The first-order chi connectivity index (χ1) is 12.3. The average Bonchev–Trinajstić information content (AvgIpc) is 3.02. The molecule has 0 bridgehead atoms. The Morgan fingerprint density at radius 1 is 1.12 bits per heavy atom. The van der Waals surface area contributed by atoms with Crippen LogP contribution < -0.4 is 10.6 Å². The van der Waals surface area contributed by atoms with E-state index in [2.05, 4.69) is 15.7 Å². The Morgan fingerprint density at radius 3 is 2.50 bits per heavy atom. The van der Waals surface area contributed by atoms with Crippen LogP contribution >= 0.6 is 0 Å². The number of carbonyl (C=O) groups excluding carboxylic acids is 3. The Kier molecular flexibility index (Phi) is 6.11. The van der Waals surface area contributed by atoms with Crippen LogP contribution in [0.2, 0.25) is 0 Å². The summed E-state index contributed by atoms with van der Waals surface area (Å²) in [5, 5.41) is 9.41. The summed E-state index contributed by atoms with van der Waals surface area (Å²) in [6.45, 7) is 6.74. The van der Waals surface area contributed by atoms with Crippen LogP contribution in [0.3, 0.4) is 0 Å². The van der Waals surface area contributed by atoms with Gasteiger partial charge in [-0.2, -0.15) is 5.10 Å². The summed E-state index contributed by atoms with van der Waals surface area (Å²) in [5.41, 5.74) is 0.716. The highest BCUT2D eigenvalue weighted by Crippen LogP contribution is 2.15. The lowest BCUT2D eigenvalue weighted by molar-refractivity contribution is -0.123. The fourth-order valence-corrected chi connectivity index (χ4v) is 2.26. The molecule has 0 saturated heterocycles. The van der Waals surface area contributed by atoms with Crippen LogP contribution in [0.4, 0.5) is 11.5 Å². The van der Waals surface area contributed by atoms with Gasteiger partial charge in [0.05, 0.1) is 11.8 Å². The molecule has 2 amide bonds. The van der Waals surface area contributed by atoms with E-state index in [1.165, 1.54) is 19.9 Å². The summed E-state index contributed by atoms with van der Waals surface area (Å²) in [5.74, 6) is -0.832. The fourth-order valence-electron chi connectivity index (χ4n) is 2.26. The molecule has 0 saturated carbocycles. The number of hydrogen-bond acceptors (Lipinski definition) is 5. The first kappa shape index (κ1) is 19.2. The monoisotopic (exact) mass is 358 g/mol. The molecule has 0 spiro atoms. The number of anilines is 2. The number of nitrogens with zero attached hydrogens (tertiary/aromatic N) is 2. The van der Waals surface area contributed by atoms with Gasteiger partial charge < -0.3 is 15.4 Å². The second kappa shape index (κ2) is 8.28. The molecule has 1 unspecified atom stereocenters. The van der Waals surface area contributed by atoms with Crippen molar-refractivity contribution >= 4 is 29.3 Å². The van der Waals surface area contributed by atoms with Gasteiger partial charge in [0.1, 0.15) is 5.82 Å². The number of esters is 1. The van der Waals surface area contributed by atoms with Gasteiger partial charge in [-0.05, 0) is 39.0 Å². The fraction of sp³-hybridized carbons (Fsp3) is 0.333. The van der Waals surface area contributed by atoms with Crippen LogP contribution in [0.5, 0.6) is 0 Å². The molecule has 138 valence electrons. The topological polar surface area (TPSA) is 102 Å². The van der Waals surface area contributed by atoms with E-state index >= 15 is 0 Å². The molecule has 1 aromatic carbocycles. The highest BCUT2D eigenvalue weighted by atomic mass is 16.5. The minimum Gasteiger partial charge on any atom is -0.449 e. The molecule has 2 N–H and O–H groups in total. The molecule has 1 atom stereocenters. The van der Waals surface area contributed by atoms with Gasteiger partial charge in [0, 0.05) is 24.7 Å². The van der Waals surface area contributed by atoms with Crippen LogP contribution in [-0.2, 0) is 14.3 Å². The van der Waals surface area contributed by atoms with Gasteiger partial charge in [-0.25, -0.2) is 9.48 Å². The Balaban J connectivity index is 2.01. The van der Waals surface area contributed by atoms with Crippen LogP contribution in [-0.4, -0.2) is 33.7 Å². The maximum atomic E-state index is 12.3. The molecule has 0 radical (unpaired) electrons. The lowest BCUT2D eigenvalue weighted by Gasteiger charge is -2.16. The van der Waals surface area contributed by atoms with Crippen molar-refractivity contribution < 1.29 is 19.1 Å². The number of aromatic nitrogens is 2. The zero-order valence-electron chi connectivity index (χ0n) is 15.1. The van der Waals surface area contributed by atoms with Crippen molar-refractivity contribution in [2.75, 3.05) is 10.6 Å². The predicted molar refractivity (Wildman–Crippen MR) is 96.9 cm³/mol. The molecule has 0 aliphatic carbocycles. The lowest BCUT2D eigenvalue weighted by Crippen LogP contribution is -2.31. The van der Waals surface area contributed by atoms with Crippen LogP contribution in [0, 0.1) is 0 Å². The summed E-state index contributed by atoms with van der Waals surface area (Å²) < 4.78 is 6.87. The number of amides is 2. The minimum absolute atomic E-state index is 0.0784. The highest BCUT2D eigenvalue weighted by molar-refractivity contribution is 5.98. The van der Waals surface area contributed by atoms with E-state index < -0.39 is 18.0 Å². The van der Waals surface area contributed by atoms with Crippen LogP contribution in [0.15, 0.2) is 36.5 Å². The largest absolute Gasteiger partial charge is 0.449 e. The number of ether oxygens (including phenoxy) is 1. The first-order valence-corrected chi connectivity index (χ1v) is 8.21. The third-order valence-corrected chi connectivity index (χ3v) is 3.48. The number of benzene rings is 1. The standard InChI is InChI=1S/C18H22N4O4/c1-11(2)22-16(8-9-19-22)21-17(24)12(3)26-18(25)14-6-5-7-15(10-14)20-13(4)23/h5-12H,1-4H3,(H,20,23)(H,21,24). The summed E-state index contributed by atoms with van der Waals surface area (Å²) in [6.07, 6.45) is 0.585. The molecule has 0 fully saturated rings. The van der Waals surface area contributed by atoms with E-state index in [1.807, 2.05) is 13.8 Å². The van der Waals surface area contributed by atoms with Crippen molar-refractivity contribution in [1.29, 1.82) is 0 Å². The van der Waals surface area contributed by atoms with E-state index in [0.717, 1.165) is 0 Å². The normalized spacial score (nSPS) is 11.7. The second-order valence-corrected chi connectivity index (χ2v) is 6.05. The third-order valence-electron chi connectivity index (χ3n) is 3.48. The van der Waals surface area contributed by atoms with Crippen molar-refractivity contribution in [2.45, 2.75) is 39.8 Å². The summed E-state index contributed by atoms with van der Waals surface area (Å²) in [7, 11) is 0. The number of rotatable bonds is 6. The molecule has 0 aliphatic rings. The quantitative estimate of drug-likeness (QED) is 0.773. The average molecular weight is 358 g/mol. The molecule has 0 aliphatic heterocycles. The van der Waals surface area contributed by atoms with Gasteiger partial charge in [0.25, 0.3) is 5.91 Å². The van der Waals surface area contributed by atoms with E-state index in [9.17, 15) is 14.4 Å². The molecule has 2 rings (SSSR count). The smallest absolute Gasteiger partial charge is 0.338 e. The van der Waals surface area contributed by atoms with Gasteiger partial charge in [-0.3, -0.25) is 9.59 Å². The lowest BCUT2D eigenvalue weighted by atomic mass is 10.2. The SMILES string of the molecule is CC(=O)Nc1cccc(C(=O)OC(C)C(=O)Nc2ccnn2C(C)C)c1. The van der Waals surface area contributed by atoms with Gasteiger partial charge in [0.2, 0.25) is 5.91 Å². The molecule has 8 nitrogen and oxygen atoms in total. The van der Waals surface area contributed by atoms with Gasteiger partial charge in [-0.1, -0.05) is 6.07 Å². The Bertz CT molecular complexity index is 813. The van der Waals surface area contributed by atoms with Crippen molar-refractivity contribution in [3.63, 3.8) is 0 Å². The van der Waals surface area contributed by atoms with E-state index in [4.69, 9.17) is 4.74 Å². The van der Waals surface area contributed by atoms with Crippen LogP contribution in [0.1, 0.15) is 44.1 Å². The minimum atomic E-state index is -0.998. The van der Waals surface area contributed by atoms with Crippen molar-refractivity contribution in [3.8, 4) is 0 Å². The van der Waals surface area contributed by atoms with E-state index in [1.54, 1.807) is 35.1 Å². The zero-order valence-corrected chi connectivity index (χ0v) is 15.1. The number of carbonyl (C=O) groups is 3. The Morgan fingerprint density at radius 2 is 1.85 bits per heavy atom. The molecule has 26 heavy (non-hydrogen) atoms. The Hall–Kier alpha value is -3.16. The molecule has 8 heteroatoms. The summed E-state index contributed by atoms with van der Waals surface area (Å²) in [4.78, 5) is 35.6. The van der Waals surface area contributed by atoms with Gasteiger partial charge in [0.15, 0.2) is 6.10 Å². The van der Waals surface area contributed by atoms with E-state index in [-0.39, 0.29) is 17.5 Å². The second-order valence-electron chi connectivity index (χ2n) is 6.05. The Labute approximate surface area is 151 Å². The molecule has 1 aromatic heterocycles. The molecule has 2 aromatic rings. The zero-order chi connectivity index (χ0) is 19.3. The number of hydrogen-bond donors (Lipinski definition) is 2. The first-order valence-electron chi connectivity index (χ1n) is 8.21. The van der Waals surface area contributed by atoms with Crippen LogP contribution in [0.25, 0.3) is 0 Å². The van der Waals surface area contributed by atoms with Crippen molar-refractivity contribution in [2.24, 2.45) is 0 Å². The predicted octanol–water partition coefficient (Wildman–Crippen LogP) is 2.61. The summed E-state index contributed by atoms with van der Waals surface area (Å²) in [6, 6.07) is 8.06. The molecular weight excluding hydrogens is 336 g/mol. The van der Waals surface area contributed by atoms with Gasteiger partial charge >= 0.3 is 5.97 Å². The third kappa shape index (κ3) is 4.92. The number of nitrogens with one attached hydrogen (secondary N) is 2. The van der Waals surface area contributed by atoms with E-state index in [0.29, 0.717) is 11.5 Å². The maximum Gasteiger partial charge on any atom is 0.338 e. The van der Waals surface area contributed by atoms with Gasteiger partial charge in [-0.15, -0.1) is 0 Å².